The Labute approximate surface area is 201 Å². The molecule has 1 heterocycles. The van der Waals surface area contributed by atoms with Crippen molar-refractivity contribution >= 4 is 16.9 Å². The monoisotopic (exact) mass is 455 g/mol. The van der Waals surface area contributed by atoms with Crippen LogP contribution in [-0.4, -0.2) is 22.1 Å². The number of rotatable bonds is 9. The van der Waals surface area contributed by atoms with Gasteiger partial charge in [-0.25, -0.2) is 4.98 Å². The zero-order chi connectivity index (χ0) is 24.1. The number of nitrogens with zero attached hydrogens (tertiary/aromatic N) is 2. The minimum Gasteiger partial charge on any atom is -0.493 e. The van der Waals surface area contributed by atoms with E-state index in [1.165, 1.54) is 11.1 Å². The lowest BCUT2D eigenvalue weighted by molar-refractivity contribution is 0.0949. The van der Waals surface area contributed by atoms with Gasteiger partial charge in [0.15, 0.2) is 0 Å². The second-order valence-corrected chi connectivity index (χ2v) is 9.12. The van der Waals surface area contributed by atoms with E-state index in [2.05, 4.69) is 54.9 Å². The van der Waals surface area contributed by atoms with Crippen LogP contribution in [0.5, 0.6) is 5.75 Å². The molecule has 0 unspecified atom stereocenters. The molecule has 0 aliphatic carbocycles. The zero-order valence-corrected chi connectivity index (χ0v) is 20.5. The molecule has 0 aliphatic rings. The second kappa shape index (κ2) is 10.6. The third kappa shape index (κ3) is 5.48. The number of fused-ring (bicyclic) bond motifs is 1. The largest absolute Gasteiger partial charge is 0.493 e. The van der Waals surface area contributed by atoms with E-state index >= 15 is 0 Å². The summed E-state index contributed by atoms with van der Waals surface area (Å²) >= 11 is 0. The van der Waals surface area contributed by atoms with Crippen LogP contribution in [0.15, 0.2) is 66.7 Å². The molecule has 1 N–H and O–H groups in total. The lowest BCUT2D eigenvalue weighted by Crippen LogP contribution is -2.25. The van der Waals surface area contributed by atoms with Crippen molar-refractivity contribution in [2.24, 2.45) is 0 Å². The Morgan fingerprint density at radius 2 is 1.74 bits per heavy atom. The highest BCUT2D eigenvalue weighted by Crippen LogP contribution is 2.27. The van der Waals surface area contributed by atoms with E-state index in [1.54, 1.807) is 0 Å². The molecule has 4 aromatic rings. The number of benzene rings is 3. The SMILES string of the molecule is Cc1ccc(C(=O)NCc2nc3ccccc3n2CCCOc2cc(C)ccc2C(C)C)cc1. The van der Waals surface area contributed by atoms with Crippen LogP contribution in [0.4, 0.5) is 0 Å². The number of hydrogen-bond acceptors (Lipinski definition) is 3. The average Bonchev–Trinajstić information content (AvgIpc) is 3.18. The Morgan fingerprint density at radius 1 is 1.00 bits per heavy atom. The molecule has 4 rings (SSSR count). The molecule has 0 bridgehead atoms. The number of carbonyl (C=O) groups excluding carboxylic acids is 1. The Hall–Kier alpha value is -3.60. The number of nitrogens with one attached hydrogen (secondary N) is 1. The van der Waals surface area contributed by atoms with Crippen molar-refractivity contribution in [3.63, 3.8) is 0 Å². The van der Waals surface area contributed by atoms with E-state index in [0.717, 1.165) is 41.1 Å². The van der Waals surface area contributed by atoms with Crippen molar-refractivity contribution in [1.82, 2.24) is 14.9 Å². The Bertz CT molecular complexity index is 1270. The molecule has 5 heteroatoms. The Kier molecular flexibility index (Phi) is 7.31. The van der Waals surface area contributed by atoms with Crippen LogP contribution in [0.25, 0.3) is 11.0 Å². The number of imidazole rings is 1. The first-order chi connectivity index (χ1) is 16.4. The highest BCUT2D eigenvalue weighted by molar-refractivity contribution is 5.94. The first-order valence-corrected chi connectivity index (χ1v) is 11.9. The second-order valence-electron chi connectivity index (χ2n) is 9.12. The third-order valence-electron chi connectivity index (χ3n) is 6.03. The fraction of sp³-hybridized carbons (Fsp3) is 0.310. The summed E-state index contributed by atoms with van der Waals surface area (Å²) in [5.41, 5.74) is 6.22. The summed E-state index contributed by atoms with van der Waals surface area (Å²) in [6, 6.07) is 22.1. The molecule has 0 spiro atoms. The lowest BCUT2D eigenvalue weighted by atomic mass is 10.0. The van der Waals surface area contributed by atoms with Crippen LogP contribution in [0.1, 0.15) is 59.1 Å². The van der Waals surface area contributed by atoms with Gasteiger partial charge in [0.05, 0.1) is 24.2 Å². The van der Waals surface area contributed by atoms with E-state index in [0.29, 0.717) is 24.6 Å². The average molecular weight is 456 g/mol. The molecule has 1 aromatic heterocycles. The molecule has 3 aromatic carbocycles. The van der Waals surface area contributed by atoms with Crippen molar-refractivity contribution in [3.8, 4) is 5.75 Å². The molecule has 0 radical (unpaired) electrons. The first kappa shape index (κ1) is 23.6. The summed E-state index contributed by atoms with van der Waals surface area (Å²) in [7, 11) is 0. The smallest absolute Gasteiger partial charge is 0.251 e. The molecule has 0 atom stereocenters. The minimum absolute atomic E-state index is 0.0948. The standard InChI is InChI=1S/C29H33N3O2/c1-20(2)24-15-12-22(4)18-27(24)34-17-7-16-32-26-9-6-5-8-25(26)31-28(32)19-30-29(33)23-13-10-21(3)11-14-23/h5-6,8-15,18,20H,7,16-17,19H2,1-4H3,(H,30,33). The van der Waals surface area contributed by atoms with Gasteiger partial charge >= 0.3 is 0 Å². The molecule has 176 valence electrons. The molecular formula is C29H33N3O2. The fourth-order valence-corrected chi connectivity index (χ4v) is 4.12. The molecule has 0 saturated carbocycles. The number of ether oxygens (including phenoxy) is 1. The summed E-state index contributed by atoms with van der Waals surface area (Å²) in [5, 5.41) is 3.02. The van der Waals surface area contributed by atoms with Crippen molar-refractivity contribution in [1.29, 1.82) is 0 Å². The molecule has 5 nitrogen and oxygen atoms in total. The van der Waals surface area contributed by atoms with Crippen LogP contribution in [0.2, 0.25) is 0 Å². The molecular weight excluding hydrogens is 422 g/mol. The van der Waals surface area contributed by atoms with Gasteiger partial charge in [0, 0.05) is 12.1 Å². The predicted molar refractivity (Wildman–Crippen MR) is 137 cm³/mol. The van der Waals surface area contributed by atoms with E-state index in [1.807, 2.05) is 49.4 Å². The van der Waals surface area contributed by atoms with Crippen molar-refractivity contribution in [2.45, 2.75) is 53.1 Å². The Balaban J connectivity index is 1.44. The molecule has 1 amide bonds. The summed E-state index contributed by atoms with van der Waals surface area (Å²) in [6.07, 6.45) is 0.838. The number of aromatic nitrogens is 2. The van der Waals surface area contributed by atoms with Crippen LogP contribution in [-0.2, 0) is 13.1 Å². The number of amides is 1. The minimum atomic E-state index is -0.0948. The van der Waals surface area contributed by atoms with Gasteiger partial charge in [-0.05, 0) is 67.6 Å². The fourth-order valence-electron chi connectivity index (χ4n) is 4.12. The van der Waals surface area contributed by atoms with Gasteiger partial charge in [0.2, 0.25) is 0 Å². The number of aryl methyl sites for hydroxylation is 3. The summed E-state index contributed by atoms with van der Waals surface area (Å²) in [4.78, 5) is 17.4. The molecule has 34 heavy (non-hydrogen) atoms. The van der Waals surface area contributed by atoms with Gasteiger partial charge in [-0.15, -0.1) is 0 Å². The van der Waals surface area contributed by atoms with Crippen molar-refractivity contribution < 1.29 is 9.53 Å². The highest BCUT2D eigenvalue weighted by Gasteiger charge is 2.13. The first-order valence-electron chi connectivity index (χ1n) is 11.9. The van der Waals surface area contributed by atoms with Gasteiger partial charge in [-0.2, -0.15) is 0 Å². The number of hydrogen-bond donors (Lipinski definition) is 1. The summed E-state index contributed by atoms with van der Waals surface area (Å²) < 4.78 is 8.38. The van der Waals surface area contributed by atoms with Crippen molar-refractivity contribution in [3.05, 3.63) is 94.8 Å². The molecule has 0 saturated heterocycles. The van der Waals surface area contributed by atoms with Crippen LogP contribution < -0.4 is 10.1 Å². The van der Waals surface area contributed by atoms with E-state index in [-0.39, 0.29) is 5.91 Å². The highest BCUT2D eigenvalue weighted by atomic mass is 16.5. The molecule has 0 fully saturated rings. The number of para-hydroxylation sites is 2. The topological polar surface area (TPSA) is 56.2 Å². The van der Waals surface area contributed by atoms with Gasteiger partial charge in [0.1, 0.15) is 11.6 Å². The van der Waals surface area contributed by atoms with Gasteiger partial charge in [-0.3, -0.25) is 4.79 Å². The Morgan fingerprint density at radius 3 is 2.50 bits per heavy atom. The van der Waals surface area contributed by atoms with Crippen LogP contribution >= 0.6 is 0 Å². The van der Waals surface area contributed by atoms with E-state index in [9.17, 15) is 4.79 Å². The predicted octanol–water partition coefficient (Wildman–Crippen LogP) is 6.18. The maximum absolute atomic E-state index is 12.6. The van der Waals surface area contributed by atoms with Crippen LogP contribution in [0, 0.1) is 13.8 Å². The quantitative estimate of drug-likeness (QED) is 0.307. The maximum atomic E-state index is 12.6. The summed E-state index contributed by atoms with van der Waals surface area (Å²) in [5.74, 6) is 2.13. The van der Waals surface area contributed by atoms with Crippen molar-refractivity contribution in [2.75, 3.05) is 6.61 Å². The zero-order valence-electron chi connectivity index (χ0n) is 20.5. The number of carbonyl (C=O) groups is 1. The summed E-state index contributed by atoms with van der Waals surface area (Å²) in [6.45, 7) is 10.2. The van der Waals surface area contributed by atoms with Crippen LogP contribution in [0.3, 0.4) is 0 Å². The van der Waals surface area contributed by atoms with E-state index < -0.39 is 0 Å². The normalized spacial score (nSPS) is 11.2. The van der Waals surface area contributed by atoms with E-state index in [4.69, 9.17) is 9.72 Å². The maximum Gasteiger partial charge on any atom is 0.251 e. The lowest BCUT2D eigenvalue weighted by Gasteiger charge is -2.15. The van der Waals surface area contributed by atoms with Gasteiger partial charge < -0.3 is 14.6 Å². The third-order valence-corrected chi connectivity index (χ3v) is 6.03. The van der Waals surface area contributed by atoms with Gasteiger partial charge in [0.25, 0.3) is 5.91 Å². The van der Waals surface area contributed by atoms with Gasteiger partial charge in [-0.1, -0.05) is 55.8 Å². The molecule has 0 aliphatic heterocycles.